The summed E-state index contributed by atoms with van der Waals surface area (Å²) in [5.74, 6) is 3.37. The average molecular weight is 265 g/mol. The molecule has 108 valence electrons. The Morgan fingerprint density at radius 3 is 2.58 bits per heavy atom. The van der Waals surface area contributed by atoms with Crippen molar-refractivity contribution in [1.82, 2.24) is 20.4 Å². The summed E-state index contributed by atoms with van der Waals surface area (Å²) in [4.78, 5) is 9.45. The van der Waals surface area contributed by atoms with Crippen molar-refractivity contribution in [3.8, 4) is 12.3 Å². The maximum absolute atomic E-state index is 5.25. The summed E-state index contributed by atoms with van der Waals surface area (Å²) in [6.07, 6.45) is 5.25. The molecule has 5 nitrogen and oxygen atoms in total. The van der Waals surface area contributed by atoms with Crippen LogP contribution in [0.15, 0.2) is 4.99 Å². The third kappa shape index (κ3) is 5.95. The highest BCUT2D eigenvalue weighted by Gasteiger charge is 2.18. The zero-order chi connectivity index (χ0) is 14.1. The Morgan fingerprint density at radius 1 is 1.32 bits per heavy atom. The number of aliphatic imine (C=N–C) groups is 1. The first-order valence-corrected chi connectivity index (χ1v) is 7.05. The summed E-state index contributed by atoms with van der Waals surface area (Å²) in [5.41, 5.74) is 0. The van der Waals surface area contributed by atoms with Gasteiger partial charge in [-0.15, -0.1) is 6.42 Å². The van der Waals surface area contributed by atoms with Crippen molar-refractivity contribution in [2.75, 3.05) is 52.9 Å². The van der Waals surface area contributed by atoms with Crippen LogP contribution < -0.4 is 10.6 Å². The maximum Gasteiger partial charge on any atom is 0.192 e. The Bertz CT molecular complexity index is 312. The smallest absolute Gasteiger partial charge is 0.192 e. The van der Waals surface area contributed by atoms with Gasteiger partial charge in [-0.1, -0.05) is 5.92 Å². The molecule has 0 bridgehead atoms. The van der Waals surface area contributed by atoms with Crippen molar-refractivity contribution in [2.45, 2.75) is 19.9 Å². The summed E-state index contributed by atoms with van der Waals surface area (Å²) < 4.78 is 0. The molecule has 1 fully saturated rings. The van der Waals surface area contributed by atoms with Crippen molar-refractivity contribution in [1.29, 1.82) is 0 Å². The molecule has 5 heteroatoms. The minimum Gasteiger partial charge on any atom is -0.357 e. The van der Waals surface area contributed by atoms with Gasteiger partial charge in [0.25, 0.3) is 0 Å². The molecule has 1 unspecified atom stereocenters. The highest BCUT2D eigenvalue weighted by Crippen LogP contribution is 2.05. The van der Waals surface area contributed by atoms with Gasteiger partial charge in [0.2, 0.25) is 0 Å². The third-order valence-corrected chi connectivity index (χ3v) is 3.38. The predicted octanol–water partition coefficient (Wildman–Crippen LogP) is -0.189. The van der Waals surface area contributed by atoms with E-state index in [0.29, 0.717) is 12.6 Å². The summed E-state index contributed by atoms with van der Waals surface area (Å²) >= 11 is 0. The predicted molar refractivity (Wildman–Crippen MR) is 81.3 cm³/mol. The first-order chi connectivity index (χ1) is 9.17. The SMILES string of the molecule is C#CCNC(=NCC(C)N1CCN(C)CC1)NCC. The lowest BCUT2D eigenvalue weighted by Gasteiger charge is -2.35. The fraction of sp³-hybridized carbons (Fsp3) is 0.786. The number of piperazine rings is 1. The Labute approximate surface area is 117 Å². The van der Waals surface area contributed by atoms with Gasteiger partial charge in [-0.25, -0.2) is 0 Å². The first-order valence-electron chi connectivity index (χ1n) is 7.05. The van der Waals surface area contributed by atoms with E-state index < -0.39 is 0 Å². The van der Waals surface area contributed by atoms with Crippen LogP contribution in [0, 0.1) is 12.3 Å². The normalized spacial score (nSPS) is 19.8. The molecular formula is C14H27N5. The van der Waals surface area contributed by atoms with E-state index in [9.17, 15) is 0 Å². The van der Waals surface area contributed by atoms with Crippen LogP contribution in [0.4, 0.5) is 0 Å². The van der Waals surface area contributed by atoms with Gasteiger partial charge in [0, 0.05) is 38.8 Å². The second kappa shape index (κ2) is 8.78. The van der Waals surface area contributed by atoms with Gasteiger partial charge in [0.15, 0.2) is 5.96 Å². The van der Waals surface area contributed by atoms with Crippen LogP contribution in [0.25, 0.3) is 0 Å². The molecule has 1 heterocycles. The van der Waals surface area contributed by atoms with Crippen molar-refractivity contribution in [2.24, 2.45) is 4.99 Å². The first kappa shape index (κ1) is 15.8. The molecule has 2 N–H and O–H groups in total. The monoisotopic (exact) mass is 265 g/mol. The fourth-order valence-electron chi connectivity index (χ4n) is 2.08. The van der Waals surface area contributed by atoms with E-state index in [0.717, 1.165) is 45.2 Å². The third-order valence-electron chi connectivity index (χ3n) is 3.38. The zero-order valence-corrected chi connectivity index (χ0v) is 12.4. The van der Waals surface area contributed by atoms with Crippen LogP contribution in [0.2, 0.25) is 0 Å². The summed E-state index contributed by atoms with van der Waals surface area (Å²) in [6, 6.07) is 0.468. The lowest BCUT2D eigenvalue weighted by Crippen LogP contribution is -2.49. The quantitative estimate of drug-likeness (QED) is 0.411. The van der Waals surface area contributed by atoms with Gasteiger partial charge in [0.1, 0.15) is 0 Å². The number of likely N-dealkylation sites (N-methyl/N-ethyl adjacent to an activating group) is 1. The van der Waals surface area contributed by atoms with E-state index in [1.165, 1.54) is 0 Å². The van der Waals surface area contributed by atoms with Crippen LogP contribution in [0.5, 0.6) is 0 Å². The summed E-state index contributed by atoms with van der Waals surface area (Å²) in [6.45, 7) is 11.0. The van der Waals surface area contributed by atoms with Gasteiger partial charge in [-0.3, -0.25) is 9.89 Å². The lowest BCUT2D eigenvalue weighted by atomic mass is 10.2. The molecule has 0 amide bonds. The van der Waals surface area contributed by atoms with Crippen LogP contribution in [-0.2, 0) is 0 Å². The topological polar surface area (TPSA) is 42.9 Å². The van der Waals surface area contributed by atoms with Crippen molar-refractivity contribution in [3.05, 3.63) is 0 Å². The molecule has 19 heavy (non-hydrogen) atoms. The van der Waals surface area contributed by atoms with E-state index in [4.69, 9.17) is 6.42 Å². The van der Waals surface area contributed by atoms with Crippen molar-refractivity contribution in [3.63, 3.8) is 0 Å². The second-order valence-corrected chi connectivity index (χ2v) is 4.97. The van der Waals surface area contributed by atoms with Crippen LogP contribution in [-0.4, -0.2) is 74.7 Å². The molecule has 0 aromatic rings. The second-order valence-electron chi connectivity index (χ2n) is 4.97. The van der Waals surface area contributed by atoms with Crippen LogP contribution in [0.1, 0.15) is 13.8 Å². The van der Waals surface area contributed by atoms with Crippen LogP contribution in [0.3, 0.4) is 0 Å². The minimum atomic E-state index is 0.468. The number of rotatable bonds is 5. The Kier molecular flexibility index (Phi) is 7.31. The number of guanidine groups is 1. The average Bonchev–Trinajstić information content (AvgIpc) is 2.42. The number of hydrogen-bond acceptors (Lipinski definition) is 3. The Hall–Kier alpha value is -1.25. The zero-order valence-electron chi connectivity index (χ0n) is 12.4. The number of nitrogens with zero attached hydrogens (tertiary/aromatic N) is 3. The van der Waals surface area contributed by atoms with Crippen molar-refractivity contribution >= 4 is 5.96 Å². The van der Waals surface area contributed by atoms with Gasteiger partial charge < -0.3 is 15.5 Å². The molecule has 0 radical (unpaired) electrons. The molecule has 0 aromatic heterocycles. The molecule has 0 aliphatic carbocycles. The highest BCUT2D eigenvalue weighted by molar-refractivity contribution is 5.79. The van der Waals surface area contributed by atoms with Crippen LogP contribution >= 0.6 is 0 Å². The largest absolute Gasteiger partial charge is 0.357 e. The van der Waals surface area contributed by atoms with E-state index in [1.807, 2.05) is 0 Å². The van der Waals surface area contributed by atoms with E-state index >= 15 is 0 Å². The minimum absolute atomic E-state index is 0.468. The van der Waals surface area contributed by atoms with E-state index in [2.05, 4.69) is 52.2 Å². The molecule has 0 spiro atoms. The molecule has 1 saturated heterocycles. The Balaban J connectivity index is 2.40. The van der Waals surface area contributed by atoms with Crippen molar-refractivity contribution < 1.29 is 0 Å². The number of terminal acetylenes is 1. The van der Waals surface area contributed by atoms with E-state index in [1.54, 1.807) is 0 Å². The molecular weight excluding hydrogens is 238 g/mol. The molecule has 1 rings (SSSR count). The Morgan fingerprint density at radius 2 is 2.00 bits per heavy atom. The lowest BCUT2D eigenvalue weighted by molar-refractivity contribution is 0.122. The standard InChI is InChI=1S/C14H27N5/c1-5-7-16-14(15-6-2)17-12-13(3)19-10-8-18(4)9-11-19/h1,13H,6-12H2,2-4H3,(H2,15,16,17). The fourth-order valence-corrected chi connectivity index (χ4v) is 2.08. The van der Waals surface area contributed by atoms with Gasteiger partial charge in [-0.2, -0.15) is 0 Å². The highest BCUT2D eigenvalue weighted by atomic mass is 15.3. The molecule has 1 aliphatic heterocycles. The summed E-state index contributed by atoms with van der Waals surface area (Å²) in [7, 11) is 2.17. The van der Waals surface area contributed by atoms with E-state index in [-0.39, 0.29) is 0 Å². The molecule has 1 atom stereocenters. The molecule has 1 aliphatic rings. The van der Waals surface area contributed by atoms with Gasteiger partial charge >= 0.3 is 0 Å². The van der Waals surface area contributed by atoms with Gasteiger partial charge in [0.05, 0.1) is 13.1 Å². The maximum atomic E-state index is 5.25. The molecule has 0 saturated carbocycles. The summed E-state index contributed by atoms with van der Waals surface area (Å²) in [5, 5.41) is 6.31. The van der Waals surface area contributed by atoms with Gasteiger partial charge in [-0.05, 0) is 20.9 Å². The number of nitrogens with one attached hydrogen (secondary N) is 2. The molecule has 0 aromatic carbocycles. The number of hydrogen-bond donors (Lipinski definition) is 2.